The van der Waals surface area contributed by atoms with Crippen LogP contribution in [-0.4, -0.2) is 89.9 Å². The molecule has 5 unspecified atom stereocenters. The molecule has 3 fully saturated rings. The van der Waals surface area contributed by atoms with Crippen LogP contribution in [0, 0.1) is 0 Å². The Balaban J connectivity index is 0.00000156. The lowest BCUT2D eigenvalue weighted by atomic mass is 9.80. The highest BCUT2D eigenvalue weighted by Gasteiger charge is 2.63. The van der Waals surface area contributed by atoms with Gasteiger partial charge in [0.2, 0.25) is 6.29 Å². The van der Waals surface area contributed by atoms with Gasteiger partial charge in [-0.3, -0.25) is 4.79 Å². The first-order valence-electron chi connectivity index (χ1n) is 7.78. The molecule has 0 aromatic rings. The number of ketones is 1. The molecule has 9 nitrogen and oxygen atoms in total. The van der Waals surface area contributed by atoms with Gasteiger partial charge in [-0.25, -0.2) is 0 Å². The lowest BCUT2D eigenvalue weighted by Gasteiger charge is -2.55. The molecule has 25 heavy (non-hydrogen) atoms. The molecule has 2 heterocycles. The van der Waals surface area contributed by atoms with E-state index in [1.807, 2.05) is 0 Å². The van der Waals surface area contributed by atoms with Gasteiger partial charge in [0.1, 0.15) is 18.3 Å². The first-order chi connectivity index (χ1) is 10.8. The van der Waals surface area contributed by atoms with Crippen LogP contribution < -0.4 is 10.6 Å². The Morgan fingerprint density at radius 1 is 1.04 bits per heavy atom. The van der Waals surface area contributed by atoms with Crippen LogP contribution in [0.15, 0.2) is 0 Å². The van der Waals surface area contributed by atoms with Crippen LogP contribution in [0.1, 0.15) is 13.3 Å². The second-order valence-electron chi connectivity index (χ2n) is 6.40. The van der Waals surface area contributed by atoms with E-state index in [2.05, 4.69) is 10.6 Å². The van der Waals surface area contributed by atoms with Crippen molar-refractivity contribution in [2.24, 2.45) is 0 Å². The minimum atomic E-state index is -2.23. The first kappa shape index (κ1) is 23.0. The molecule has 0 radical (unpaired) electrons. The molecule has 3 rings (SSSR count). The summed E-state index contributed by atoms with van der Waals surface area (Å²) in [5.74, 6) is -2.76. The summed E-state index contributed by atoms with van der Waals surface area (Å²) >= 11 is 0. The number of hydrogen-bond donors (Lipinski definition) is 5. The molecule has 0 aromatic heterocycles. The number of halogens is 2. The average molecular weight is 405 g/mol. The number of fused-ring (bicyclic) bond motifs is 2. The molecule has 0 bridgehead atoms. The Hall–Kier alpha value is -0.0700. The molecule has 0 spiro atoms. The maximum Gasteiger partial charge on any atom is 0.280 e. The number of carbonyl (C=O) groups is 1. The third-order valence-corrected chi connectivity index (χ3v) is 4.93. The number of aliphatic hydroxyl groups is 3. The van der Waals surface area contributed by atoms with Crippen molar-refractivity contribution >= 4 is 30.6 Å². The van der Waals surface area contributed by atoms with Crippen LogP contribution in [-0.2, 0) is 19.0 Å². The summed E-state index contributed by atoms with van der Waals surface area (Å²) in [6.45, 7) is 1.70. The monoisotopic (exact) mass is 404 g/mol. The van der Waals surface area contributed by atoms with E-state index in [0.29, 0.717) is 0 Å². The Bertz CT molecular complexity index is 488. The van der Waals surface area contributed by atoms with Gasteiger partial charge >= 0.3 is 0 Å². The quantitative estimate of drug-likeness (QED) is 0.351. The molecule has 148 valence electrons. The normalized spacial score (nSPS) is 49.3. The van der Waals surface area contributed by atoms with Crippen molar-refractivity contribution in [3.8, 4) is 0 Å². The fraction of sp³-hybridized carbons (Fsp3) is 0.929. The summed E-state index contributed by atoms with van der Waals surface area (Å²) < 4.78 is 16.8. The van der Waals surface area contributed by atoms with Crippen molar-refractivity contribution in [1.29, 1.82) is 0 Å². The predicted octanol–water partition coefficient (Wildman–Crippen LogP) is -2.08. The van der Waals surface area contributed by atoms with Gasteiger partial charge in [0.25, 0.3) is 5.79 Å². The zero-order valence-electron chi connectivity index (χ0n) is 14.1. The minimum Gasteiger partial charge on any atom is -0.390 e. The number of nitrogens with one attached hydrogen (secondary N) is 2. The van der Waals surface area contributed by atoms with Crippen molar-refractivity contribution in [3.63, 3.8) is 0 Å². The standard InChI is InChI=1S/C14H24N2O7.2ClH/c1-5-4-6(17)14(20)13(21-5)22-12-10(19)7(15-2)9(18)8(16-3)11(12)23-14;;/h5,7-13,15-16,18-20H,4H2,1-3H3;2*1H/t5?,7?,8?,9?,10?,11-,12+,13-,14+;;/m1../s1. The van der Waals surface area contributed by atoms with Crippen LogP contribution in [0.4, 0.5) is 0 Å². The number of likely N-dealkylation sites (N-methyl/N-ethyl adjacent to an activating group) is 2. The van der Waals surface area contributed by atoms with Crippen molar-refractivity contribution in [1.82, 2.24) is 10.6 Å². The smallest absolute Gasteiger partial charge is 0.280 e. The highest BCUT2D eigenvalue weighted by atomic mass is 35.5. The van der Waals surface area contributed by atoms with Gasteiger partial charge in [-0.15, -0.1) is 24.8 Å². The Labute approximate surface area is 158 Å². The molecule has 3 aliphatic rings. The van der Waals surface area contributed by atoms with E-state index in [-0.39, 0.29) is 31.2 Å². The van der Waals surface area contributed by atoms with E-state index in [4.69, 9.17) is 14.2 Å². The summed E-state index contributed by atoms with van der Waals surface area (Å²) in [6.07, 6.45) is -5.58. The van der Waals surface area contributed by atoms with Gasteiger partial charge in [-0.05, 0) is 21.0 Å². The van der Waals surface area contributed by atoms with E-state index in [0.717, 1.165) is 0 Å². The van der Waals surface area contributed by atoms with Gasteiger partial charge in [-0.1, -0.05) is 0 Å². The predicted molar refractivity (Wildman–Crippen MR) is 90.9 cm³/mol. The van der Waals surface area contributed by atoms with Gasteiger partial charge in [-0.2, -0.15) is 0 Å². The van der Waals surface area contributed by atoms with Crippen molar-refractivity contribution < 1.29 is 34.3 Å². The third kappa shape index (κ3) is 3.55. The van der Waals surface area contributed by atoms with Crippen LogP contribution in [0.3, 0.4) is 0 Å². The van der Waals surface area contributed by atoms with E-state index < -0.39 is 60.5 Å². The fourth-order valence-corrected chi connectivity index (χ4v) is 3.68. The van der Waals surface area contributed by atoms with E-state index in [9.17, 15) is 20.1 Å². The summed E-state index contributed by atoms with van der Waals surface area (Å²) in [6, 6.07) is -1.29. The Morgan fingerprint density at radius 2 is 1.64 bits per heavy atom. The third-order valence-electron chi connectivity index (χ3n) is 4.93. The maximum absolute atomic E-state index is 12.2. The highest BCUT2D eigenvalue weighted by Crippen LogP contribution is 2.40. The van der Waals surface area contributed by atoms with Crippen LogP contribution in [0.25, 0.3) is 0 Å². The first-order valence-corrected chi connectivity index (χ1v) is 7.78. The number of ether oxygens (including phenoxy) is 3. The summed E-state index contributed by atoms with van der Waals surface area (Å²) in [5, 5.41) is 37.2. The number of Topliss-reactive ketones (excluding diaryl/α,β-unsaturated/α-hetero) is 1. The Kier molecular flexibility index (Phi) is 7.63. The van der Waals surface area contributed by atoms with Crippen LogP contribution in [0.5, 0.6) is 0 Å². The van der Waals surface area contributed by atoms with Gasteiger partial charge < -0.3 is 40.2 Å². The zero-order chi connectivity index (χ0) is 16.9. The zero-order valence-corrected chi connectivity index (χ0v) is 15.8. The van der Waals surface area contributed by atoms with E-state index in [1.54, 1.807) is 21.0 Å². The molecule has 5 N–H and O–H groups in total. The largest absolute Gasteiger partial charge is 0.390 e. The molecular weight excluding hydrogens is 379 g/mol. The molecule has 11 heteroatoms. The van der Waals surface area contributed by atoms with Crippen molar-refractivity contribution in [3.05, 3.63) is 0 Å². The van der Waals surface area contributed by atoms with E-state index in [1.165, 1.54) is 0 Å². The lowest BCUT2D eigenvalue weighted by molar-refractivity contribution is -0.420. The summed E-state index contributed by atoms with van der Waals surface area (Å²) in [7, 11) is 3.24. The van der Waals surface area contributed by atoms with Crippen molar-refractivity contribution in [2.45, 2.75) is 68.0 Å². The topological polar surface area (TPSA) is 130 Å². The molecule has 1 aliphatic carbocycles. The molecule has 1 saturated carbocycles. The van der Waals surface area contributed by atoms with Gasteiger partial charge in [0, 0.05) is 6.42 Å². The van der Waals surface area contributed by atoms with Crippen LogP contribution >= 0.6 is 24.8 Å². The summed E-state index contributed by atoms with van der Waals surface area (Å²) in [4.78, 5) is 12.2. The molecule has 9 atom stereocenters. The molecular formula is C14H26Cl2N2O7. The van der Waals surface area contributed by atoms with Crippen LogP contribution in [0.2, 0.25) is 0 Å². The molecule has 2 saturated heterocycles. The highest BCUT2D eigenvalue weighted by molar-refractivity contribution is 5.87. The van der Waals surface area contributed by atoms with E-state index >= 15 is 0 Å². The van der Waals surface area contributed by atoms with Gasteiger partial charge in [0.05, 0.1) is 24.3 Å². The number of aliphatic hydroxyl groups excluding tert-OH is 2. The molecule has 0 aromatic carbocycles. The maximum atomic E-state index is 12.2. The molecule has 2 aliphatic heterocycles. The SMILES string of the molecule is CNC1C(O)C(NC)[C@H]2O[C@@]3(O)C(=O)CC(C)O[C@@H]3O[C@H]2C1O.Cl.Cl. The fourth-order valence-electron chi connectivity index (χ4n) is 3.68. The number of carbonyl (C=O) groups excluding carboxylic acids is 1. The number of rotatable bonds is 2. The second-order valence-corrected chi connectivity index (χ2v) is 6.40. The molecule has 0 amide bonds. The summed E-state index contributed by atoms with van der Waals surface area (Å²) in [5.41, 5.74) is 0. The second kappa shape index (κ2) is 8.30. The minimum absolute atomic E-state index is 0. The Morgan fingerprint density at radius 3 is 2.20 bits per heavy atom. The van der Waals surface area contributed by atoms with Gasteiger partial charge in [0.15, 0.2) is 5.78 Å². The lowest BCUT2D eigenvalue weighted by Crippen LogP contribution is -2.77. The van der Waals surface area contributed by atoms with Crippen molar-refractivity contribution in [2.75, 3.05) is 14.1 Å². The number of hydrogen-bond acceptors (Lipinski definition) is 9. The average Bonchev–Trinajstić information content (AvgIpc) is 2.49.